The molecule has 1 heterocycles. The highest BCUT2D eigenvalue weighted by Crippen LogP contribution is 2.44. The van der Waals surface area contributed by atoms with Crippen molar-refractivity contribution in [3.63, 3.8) is 0 Å². The minimum atomic E-state index is -3.51. The molecule has 0 spiro atoms. The van der Waals surface area contributed by atoms with Gasteiger partial charge in [-0.3, -0.25) is 0 Å². The lowest BCUT2D eigenvalue weighted by molar-refractivity contribution is -0.286. The maximum Gasteiger partial charge on any atom is 0.586 e. The number of alkyl halides is 2. The van der Waals surface area contributed by atoms with Gasteiger partial charge in [0.15, 0.2) is 11.5 Å². The summed E-state index contributed by atoms with van der Waals surface area (Å²) in [7, 11) is 0. The molecular weight excluding hydrogens is 190 g/mol. The van der Waals surface area contributed by atoms with E-state index in [-0.39, 0.29) is 11.5 Å². The van der Waals surface area contributed by atoms with E-state index in [4.69, 9.17) is 0 Å². The van der Waals surface area contributed by atoms with Crippen LogP contribution >= 0.6 is 0 Å². The summed E-state index contributed by atoms with van der Waals surface area (Å²) in [5.74, 6) is 0.277. The van der Waals surface area contributed by atoms with Crippen LogP contribution in [0.25, 0.3) is 0 Å². The zero-order valence-electron chi connectivity index (χ0n) is 7.93. The summed E-state index contributed by atoms with van der Waals surface area (Å²) in [5, 5.41) is 0. The molecule has 0 aromatic heterocycles. The zero-order valence-corrected chi connectivity index (χ0v) is 7.93. The number of fused-ring (bicyclic) bond motifs is 1. The maximum absolute atomic E-state index is 12.7. The molecule has 1 aromatic rings. The number of benzene rings is 1. The van der Waals surface area contributed by atoms with Gasteiger partial charge in [-0.25, -0.2) is 0 Å². The van der Waals surface area contributed by atoms with Crippen LogP contribution in [0.1, 0.15) is 18.1 Å². The number of hydrogen-bond acceptors (Lipinski definition) is 2. The van der Waals surface area contributed by atoms with Crippen molar-refractivity contribution in [2.45, 2.75) is 26.6 Å². The molecule has 76 valence electrons. The number of rotatable bonds is 1. The van der Waals surface area contributed by atoms with Crippen molar-refractivity contribution in [3.05, 3.63) is 23.3 Å². The number of ether oxygens (including phenoxy) is 2. The molecule has 0 fully saturated rings. The average molecular weight is 200 g/mol. The number of halogens is 2. The van der Waals surface area contributed by atoms with Crippen molar-refractivity contribution in [1.29, 1.82) is 0 Å². The Hall–Kier alpha value is -1.32. The van der Waals surface area contributed by atoms with E-state index < -0.39 is 6.29 Å². The second kappa shape index (κ2) is 2.83. The fourth-order valence-corrected chi connectivity index (χ4v) is 1.57. The predicted octanol–water partition coefficient (Wildman–Crippen LogP) is 2.88. The Kier molecular flexibility index (Phi) is 1.87. The molecular formula is C10H10F2O2. The van der Waals surface area contributed by atoms with E-state index in [1.165, 1.54) is 6.07 Å². The molecule has 0 N–H and O–H groups in total. The molecule has 0 amide bonds. The van der Waals surface area contributed by atoms with Gasteiger partial charge < -0.3 is 9.47 Å². The molecule has 2 rings (SSSR count). The van der Waals surface area contributed by atoms with Crippen LogP contribution in [0.15, 0.2) is 12.1 Å². The van der Waals surface area contributed by atoms with Crippen LogP contribution in [0.5, 0.6) is 11.5 Å². The average Bonchev–Trinajstić information content (AvgIpc) is 2.42. The lowest BCUT2D eigenvalue weighted by atomic mass is 10.1. The van der Waals surface area contributed by atoms with Gasteiger partial charge in [-0.2, -0.15) is 0 Å². The number of hydrogen-bond donors (Lipinski definition) is 0. The Balaban J connectivity index is 2.48. The van der Waals surface area contributed by atoms with Crippen molar-refractivity contribution in [1.82, 2.24) is 0 Å². The summed E-state index contributed by atoms with van der Waals surface area (Å²) in [6.07, 6.45) is -2.73. The molecule has 1 aromatic carbocycles. The molecule has 0 bridgehead atoms. The van der Waals surface area contributed by atoms with Gasteiger partial charge >= 0.3 is 6.29 Å². The Bertz CT molecular complexity index is 375. The van der Waals surface area contributed by atoms with E-state index in [2.05, 4.69) is 9.47 Å². The summed E-state index contributed by atoms with van der Waals surface area (Å²) in [6.45, 7) is 3.71. The van der Waals surface area contributed by atoms with Gasteiger partial charge in [-0.15, -0.1) is 8.78 Å². The summed E-state index contributed by atoms with van der Waals surface area (Å²) < 4.78 is 34.1. The fourth-order valence-electron chi connectivity index (χ4n) is 1.57. The third-order valence-corrected chi connectivity index (χ3v) is 2.31. The Morgan fingerprint density at radius 3 is 2.64 bits per heavy atom. The van der Waals surface area contributed by atoms with Crippen LogP contribution < -0.4 is 9.47 Å². The first-order valence-corrected chi connectivity index (χ1v) is 4.42. The monoisotopic (exact) mass is 200 g/mol. The van der Waals surface area contributed by atoms with Gasteiger partial charge in [0.1, 0.15) is 0 Å². The van der Waals surface area contributed by atoms with Gasteiger partial charge in [0.2, 0.25) is 0 Å². The van der Waals surface area contributed by atoms with Gasteiger partial charge in [-0.05, 0) is 30.5 Å². The highest BCUT2D eigenvalue weighted by Gasteiger charge is 2.44. The molecule has 4 heteroatoms. The largest absolute Gasteiger partial charge is 0.586 e. The van der Waals surface area contributed by atoms with Crippen LogP contribution in [0.4, 0.5) is 8.78 Å². The van der Waals surface area contributed by atoms with Crippen molar-refractivity contribution in [2.24, 2.45) is 0 Å². The first-order chi connectivity index (χ1) is 6.53. The van der Waals surface area contributed by atoms with Gasteiger partial charge in [0, 0.05) is 0 Å². The van der Waals surface area contributed by atoms with E-state index in [1.54, 1.807) is 13.0 Å². The lowest BCUT2D eigenvalue weighted by Crippen LogP contribution is -2.26. The van der Waals surface area contributed by atoms with Gasteiger partial charge in [0.05, 0.1) is 0 Å². The highest BCUT2D eigenvalue weighted by atomic mass is 19.3. The normalized spacial score (nSPS) is 17.1. The Morgan fingerprint density at radius 2 is 2.00 bits per heavy atom. The standard InChI is InChI=1S/C10H10F2O2/c1-3-7-4-5-8-9(6(7)2)14-10(11,12)13-8/h4-5H,3H2,1-2H3. The van der Waals surface area contributed by atoms with Crippen molar-refractivity contribution < 1.29 is 18.3 Å². The van der Waals surface area contributed by atoms with Gasteiger partial charge in [-0.1, -0.05) is 13.0 Å². The van der Waals surface area contributed by atoms with Crippen molar-refractivity contribution >= 4 is 0 Å². The smallest absolute Gasteiger partial charge is 0.395 e. The van der Waals surface area contributed by atoms with E-state index >= 15 is 0 Å². The van der Waals surface area contributed by atoms with E-state index in [1.807, 2.05) is 6.92 Å². The zero-order chi connectivity index (χ0) is 10.3. The molecule has 0 saturated heterocycles. The quantitative estimate of drug-likeness (QED) is 0.693. The molecule has 1 aliphatic rings. The SMILES string of the molecule is CCc1ccc2c(c1C)OC(F)(F)O2. The Morgan fingerprint density at radius 1 is 1.29 bits per heavy atom. The summed E-state index contributed by atoms with van der Waals surface area (Å²) in [6, 6.07) is 3.29. The van der Waals surface area contributed by atoms with E-state index in [0.717, 1.165) is 17.5 Å². The minimum Gasteiger partial charge on any atom is -0.395 e. The second-order valence-corrected chi connectivity index (χ2v) is 3.20. The molecule has 0 atom stereocenters. The summed E-state index contributed by atoms with van der Waals surface area (Å²) >= 11 is 0. The van der Waals surface area contributed by atoms with Crippen LogP contribution in [0, 0.1) is 6.92 Å². The minimum absolute atomic E-state index is 0.115. The number of aryl methyl sites for hydroxylation is 1. The highest BCUT2D eigenvalue weighted by molar-refractivity contribution is 5.51. The van der Waals surface area contributed by atoms with Crippen LogP contribution in [-0.2, 0) is 6.42 Å². The van der Waals surface area contributed by atoms with Crippen LogP contribution in [0.3, 0.4) is 0 Å². The van der Waals surface area contributed by atoms with Crippen molar-refractivity contribution in [2.75, 3.05) is 0 Å². The third-order valence-electron chi connectivity index (χ3n) is 2.31. The second-order valence-electron chi connectivity index (χ2n) is 3.20. The van der Waals surface area contributed by atoms with E-state index in [9.17, 15) is 8.78 Å². The third kappa shape index (κ3) is 1.31. The van der Waals surface area contributed by atoms with Crippen LogP contribution in [0.2, 0.25) is 0 Å². The predicted molar refractivity (Wildman–Crippen MR) is 46.8 cm³/mol. The molecule has 0 radical (unpaired) electrons. The summed E-state index contributed by atoms with van der Waals surface area (Å²) in [5.41, 5.74) is 1.72. The molecule has 0 aliphatic carbocycles. The fraction of sp³-hybridized carbons (Fsp3) is 0.400. The lowest BCUT2D eigenvalue weighted by Gasteiger charge is -2.06. The molecule has 1 aliphatic heterocycles. The molecule has 14 heavy (non-hydrogen) atoms. The molecule has 2 nitrogen and oxygen atoms in total. The maximum atomic E-state index is 12.7. The molecule has 0 unspecified atom stereocenters. The topological polar surface area (TPSA) is 18.5 Å². The van der Waals surface area contributed by atoms with E-state index in [0.29, 0.717) is 0 Å². The van der Waals surface area contributed by atoms with Gasteiger partial charge in [0.25, 0.3) is 0 Å². The first-order valence-electron chi connectivity index (χ1n) is 4.42. The Labute approximate surface area is 80.4 Å². The summed E-state index contributed by atoms with van der Waals surface area (Å²) in [4.78, 5) is 0. The van der Waals surface area contributed by atoms with Crippen molar-refractivity contribution in [3.8, 4) is 11.5 Å². The molecule has 0 saturated carbocycles. The first kappa shape index (κ1) is 9.24. The van der Waals surface area contributed by atoms with Crippen LogP contribution in [-0.4, -0.2) is 6.29 Å².